The van der Waals surface area contributed by atoms with Crippen molar-refractivity contribution in [2.24, 2.45) is 0 Å². The van der Waals surface area contributed by atoms with Crippen LogP contribution in [0.5, 0.6) is 0 Å². The van der Waals surface area contributed by atoms with Gasteiger partial charge < -0.3 is 5.32 Å². The van der Waals surface area contributed by atoms with Crippen LogP contribution >= 0.6 is 22.9 Å². The zero-order valence-electron chi connectivity index (χ0n) is 18.3. The highest BCUT2D eigenvalue weighted by molar-refractivity contribution is 7.15. The molecule has 9 heteroatoms. The number of nitrogens with one attached hydrogen (secondary N) is 1. The highest BCUT2D eigenvalue weighted by atomic mass is 35.5. The highest BCUT2D eigenvalue weighted by Gasteiger charge is 2.20. The summed E-state index contributed by atoms with van der Waals surface area (Å²) in [6.45, 7) is 7.68. The zero-order chi connectivity index (χ0) is 23.0. The Kier molecular flexibility index (Phi) is 6.17. The molecule has 1 atom stereocenters. The lowest BCUT2D eigenvalue weighted by Crippen LogP contribution is -2.34. The lowest BCUT2D eigenvalue weighted by atomic mass is 10.1. The van der Waals surface area contributed by atoms with Crippen molar-refractivity contribution in [2.45, 2.75) is 46.6 Å². The van der Waals surface area contributed by atoms with Gasteiger partial charge in [0.2, 0.25) is 5.91 Å². The molecule has 0 aliphatic carbocycles. The second kappa shape index (κ2) is 8.88. The molecule has 0 radical (unpaired) electrons. The van der Waals surface area contributed by atoms with Crippen molar-refractivity contribution in [3.63, 3.8) is 0 Å². The second-order valence-corrected chi connectivity index (χ2v) is 9.05. The van der Waals surface area contributed by atoms with Gasteiger partial charge in [-0.2, -0.15) is 5.10 Å². The summed E-state index contributed by atoms with van der Waals surface area (Å²) in [6, 6.07) is 9.35. The van der Waals surface area contributed by atoms with Gasteiger partial charge in [0.1, 0.15) is 5.69 Å². The molecule has 0 saturated heterocycles. The van der Waals surface area contributed by atoms with Gasteiger partial charge in [-0.25, -0.2) is 9.67 Å². The summed E-state index contributed by atoms with van der Waals surface area (Å²) >= 11 is 7.70. The Morgan fingerprint density at radius 1 is 1.28 bits per heavy atom. The summed E-state index contributed by atoms with van der Waals surface area (Å²) in [5.74, 6) is -0.119. The number of carbonyl (C=O) groups excluding carboxylic acids is 1. The number of para-hydroxylation sites is 1. The number of aryl methyl sites for hydroxylation is 2. The first-order chi connectivity index (χ1) is 15.3. The molecule has 1 aromatic carbocycles. The van der Waals surface area contributed by atoms with E-state index in [-0.39, 0.29) is 23.9 Å². The minimum atomic E-state index is -0.233. The van der Waals surface area contributed by atoms with E-state index in [1.54, 1.807) is 17.7 Å². The molecule has 0 saturated carbocycles. The number of hydrogen-bond acceptors (Lipinski definition) is 5. The maximum atomic E-state index is 13.5. The SMILES string of the molecule is CCC(C)NC(=O)Cc1csc2nc(C)c(-c3cc(C)n(-c4ccccc4Cl)n3)c(=O)n12. The summed E-state index contributed by atoms with van der Waals surface area (Å²) in [4.78, 5) is 31.1. The van der Waals surface area contributed by atoms with E-state index in [2.05, 4.69) is 15.4 Å². The number of thiazole rings is 1. The Balaban J connectivity index is 1.79. The largest absolute Gasteiger partial charge is 0.353 e. The van der Waals surface area contributed by atoms with Crippen molar-refractivity contribution in [3.05, 3.63) is 68.2 Å². The van der Waals surface area contributed by atoms with E-state index in [1.165, 1.54) is 15.7 Å². The maximum absolute atomic E-state index is 13.5. The predicted molar refractivity (Wildman–Crippen MR) is 128 cm³/mol. The topological polar surface area (TPSA) is 81.3 Å². The van der Waals surface area contributed by atoms with E-state index in [4.69, 9.17) is 11.6 Å². The third-order valence-electron chi connectivity index (χ3n) is 5.41. The Morgan fingerprint density at radius 2 is 2.03 bits per heavy atom. The first-order valence-electron chi connectivity index (χ1n) is 10.4. The average molecular weight is 470 g/mol. The molecular formula is C23H24ClN5O2S. The molecule has 0 aliphatic rings. The number of aromatic nitrogens is 4. The molecule has 3 heterocycles. The predicted octanol–water partition coefficient (Wildman–Crippen LogP) is 4.34. The summed E-state index contributed by atoms with van der Waals surface area (Å²) in [7, 11) is 0. The van der Waals surface area contributed by atoms with Gasteiger partial charge in [-0.15, -0.1) is 11.3 Å². The summed E-state index contributed by atoms with van der Waals surface area (Å²) in [5, 5.41) is 10.00. The third kappa shape index (κ3) is 4.08. The van der Waals surface area contributed by atoms with Gasteiger partial charge in [-0.1, -0.05) is 30.7 Å². The summed E-state index contributed by atoms with van der Waals surface area (Å²) in [6.07, 6.45) is 0.954. The van der Waals surface area contributed by atoms with Gasteiger partial charge >= 0.3 is 0 Å². The minimum absolute atomic E-state index is 0.0804. The van der Waals surface area contributed by atoms with E-state index in [0.29, 0.717) is 32.6 Å². The van der Waals surface area contributed by atoms with E-state index >= 15 is 0 Å². The van der Waals surface area contributed by atoms with E-state index < -0.39 is 0 Å². The minimum Gasteiger partial charge on any atom is -0.353 e. The van der Waals surface area contributed by atoms with Crippen LogP contribution in [0.1, 0.15) is 37.4 Å². The van der Waals surface area contributed by atoms with Crippen LogP contribution in [-0.2, 0) is 11.2 Å². The molecule has 0 fully saturated rings. The van der Waals surface area contributed by atoms with Crippen LogP contribution in [0.25, 0.3) is 21.9 Å². The van der Waals surface area contributed by atoms with Crippen molar-refractivity contribution in [3.8, 4) is 16.9 Å². The van der Waals surface area contributed by atoms with Crippen LogP contribution < -0.4 is 10.9 Å². The number of fused-ring (bicyclic) bond motifs is 1. The normalized spacial score (nSPS) is 12.3. The average Bonchev–Trinajstić information content (AvgIpc) is 3.31. The fourth-order valence-electron chi connectivity index (χ4n) is 3.58. The Hall–Kier alpha value is -2.97. The molecule has 7 nitrogen and oxygen atoms in total. The van der Waals surface area contributed by atoms with Crippen molar-refractivity contribution < 1.29 is 4.79 Å². The van der Waals surface area contributed by atoms with Gasteiger partial charge in [0.25, 0.3) is 5.56 Å². The molecule has 4 rings (SSSR count). The van der Waals surface area contributed by atoms with Crippen LogP contribution in [0.3, 0.4) is 0 Å². The van der Waals surface area contributed by atoms with Gasteiger partial charge in [0, 0.05) is 22.8 Å². The fraction of sp³-hybridized carbons (Fsp3) is 0.304. The molecule has 1 amide bonds. The van der Waals surface area contributed by atoms with E-state index in [1.807, 2.05) is 50.4 Å². The lowest BCUT2D eigenvalue weighted by Gasteiger charge is -2.11. The van der Waals surface area contributed by atoms with Crippen LogP contribution in [0.2, 0.25) is 5.02 Å². The number of rotatable bonds is 6. The monoisotopic (exact) mass is 469 g/mol. The molecule has 0 spiro atoms. The summed E-state index contributed by atoms with van der Waals surface area (Å²) in [5.41, 5.74) is 3.50. The Bertz CT molecular complexity index is 1370. The molecular weight excluding hydrogens is 446 g/mol. The van der Waals surface area contributed by atoms with Crippen molar-refractivity contribution in [1.82, 2.24) is 24.5 Å². The first kappa shape index (κ1) is 22.2. The molecule has 1 unspecified atom stereocenters. The zero-order valence-corrected chi connectivity index (χ0v) is 19.9. The standard InChI is InChI=1S/C23H24ClN5O2S/c1-5-13(2)25-20(30)11-16-12-32-23-26-15(4)21(22(31)28(16)23)18-10-14(3)29(27-18)19-9-7-6-8-17(19)24/h6-10,12-13H,5,11H2,1-4H3,(H,25,30). The quantitative estimate of drug-likeness (QED) is 0.455. The van der Waals surface area contributed by atoms with E-state index in [0.717, 1.165) is 17.8 Å². The molecule has 1 N–H and O–H groups in total. The fourth-order valence-corrected chi connectivity index (χ4v) is 4.72. The highest BCUT2D eigenvalue weighted by Crippen LogP contribution is 2.26. The Labute approximate surface area is 194 Å². The Morgan fingerprint density at radius 3 is 2.75 bits per heavy atom. The van der Waals surface area contributed by atoms with Gasteiger partial charge in [-0.05, 0) is 45.4 Å². The lowest BCUT2D eigenvalue weighted by molar-refractivity contribution is -0.121. The molecule has 0 aliphatic heterocycles. The first-order valence-corrected chi connectivity index (χ1v) is 11.7. The number of benzene rings is 1. The van der Waals surface area contributed by atoms with Crippen LogP contribution in [0.4, 0.5) is 0 Å². The molecule has 4 aromatic rings. The number of amides is 1. The number of nitrogens with zero attached hydrogens (tertiary/aromatic N) is 4. The molecule has 3 aromatic heterocycles. The van der Waals surface area contributed by atoms with Gasteiger partial charge in [-0.3, -0.25) is 14.0 Å². The number of carbonyl (C=O) groups is 1. The molecule has 166 valence electrons. The number of halogens is 1. The number of hydrogen-bond donors (Lipinski definition) is 1. The maximum Gasteiger partial charge on any atom is 0.268 e. The van der Waals surface area contributed by atoms with Crippen LogP contribution in [0, 0.1) is 13.8 Å². The second-order valence-electron chi connectivity index (χ2n) is 7.81. The van der Waals surface area contributed by atoms with Crippen molar-refractivity contribution in [2.75, 3.05) is 0 Å². The van der Waals surface area contributed by atoms with Gasteiger partial charge in [0.05, 0.1) is 28.4 Å². The smallest absolute Gasteiger partial charge is 0.268 e. The van der Waals surface area contributed by atoms with Crippen molar-refractivity contribution >= 4 is 33.8 Å². The van der Waals surface area contributed by atoms with Gasteiger partial charge in [0.15, 0.2) is 4.96 Å². The van der Waals surface area contributed by atoms with Crippen molar-refractivity contribution in [1.29, 1.82) is 0 Å². The van der Waals surface area contributed by atoms with E-state index in [9.17, 15) is 9.59 Å². The van der Waals surface area contributed by atoms with Crippen LogP contribution in [0.15, 0.2) is 40.5 Å². The third-order valence-corrected chi connectivity index (χ3v) is 6.60. The van der Waals surface area contributed by atoms with Crippen LogP contribution in [-0.4, -0.2) is 31.1 Å². The summed E-state index contributed by atoms with van der Waals surface area (Å²) < 4.78 is 3.24. The molecule has 0 bridgehead atoms. The molecule has 32 heavy (non-hydrogen) atoms.